The van der Waals surface area contributed by atoms with E-state index in [1.165, 1.54) is 20.8 Å². The minimum atomic E-state index is -4.26. The Morgan fingerprint density at radius 1 is 0.963 bits per heavy atom. The van der Waals surface area contributed by atoms with Gasteiger partial charge in [-0.05, 0) is 63.2 Å². The molecule has 0 fully saturated rings. The Labute approximate surface area is 156 Å². The first-order valence-corrected chi connectivity index (χ1v) is 10.6. The first-order chi connectivity index (χ1) is 12.3. The van der Waals surface area contributed by atoms with Crippen molar-refractivity contribution in [1.29, 1.82) is 0 Å². The lowest BCUT2D eigenvalue weighted by molar-refractivity contribution is 0.0698. The Bertz CT molecular complexity index is 1090. The van der Waals surface area contributed by atoms with Crippen molar-refractivity contribution in [1.82, 2.24) is 0 Å². The van der Waals surface area contributed by atoms with Gasteiger partial charge in [0.2, 0.25) is 0 Å². The van der Waals surface area contributed by atoms with Gasteiger partial charge in [-0.3, -0.25) is 4.72 Å². The number of carboxylic acid groups (broad SMARTS) is 1. The van der Waals surface area contributed by atoms with Crippen LogP contribution in [0.15, 0.2) is 52.3 Å². The van der Waals surface area contributed by atoms with Crippen molar-refractivity contribution >= 4 is 31.5 Å². The van der Waals surface area contributed by atoms with Gasteiger partial charge in [-0.15, -0.1) is 0 Å². The van der Waals surface area contributed by atoms with E-state index in [4.69, 9.17) is 5.11 Å². The second-order valence-corrected chi connectivity index (χ2v) is 11.1. The highest BCUT2D eigenvalue weighted by molar-refractivity contribution is 7.93. The largest absolute Gasteiger partial charge is 0.478 e. The second kappa shape index (κ2) is 6.93. The number of hydrogen-bond donors (Lipinski definition) is 2. The van der Waals surface area contributed by atoms with Gasteiger partial charge in [-0.25, -0.2) is 26.0 Å². The van der Waals surface area contributed by atoms with Crippen LogP contribution in [0.5, 0.6) is 0 Å². The predicted octanol–water partition coefficient (Wildman–Crippen LogP) is 2.90. The van der Waals surface area contributed by atoms with Crippen molar-refractivity contribution in [2.45, 2.75) is 35.3 Å². The lowest BCUT2D eigenvalue weighted by Gasteiger charge is -2.19. The number of halogens is 1. The molecule has 0 heterocycles. The summed E-state index contributed by atoms with van der Waals surface area (Å²) in [5.41, 5.74) is -0.860. The Morgan fingerprint density at radius 3 is 1.96 bits per heavy atom. The van der Waals surface area contributed by atoms with Gasteiger partial charge in [0.25, 0.3) is 10.0 Å². The van der Waals surface area contributed by atoms with Crippen LogP contribution < -0.4 is 4.72 Å². The van der Waals surface area contributed by atoms with Gasteiger partial charge < -0.3 is 5.11 Å². The summed E-state index contributed by atoms with van der Waals surface area (Å²) in [6.07, 6.45) is 0. The van der Waals surface area contributed by atoms with E-state index in [1.54, 1.807) is 0 Å². The Morgan fingerprint density at radius 2 is 1.48 bits per heavy atom. The normalized spacial score (nSPS) is 12.6. The van der Waals surface area contributed by atoms with Gasteiger partial charge in [-0.2, -0.15) is 0 Å². The van der Waals surface area contributed by atoms with Crippen molar-refractivity contribution < 1.29 is 31.1 Å². The second-order valence-electron chi connectivity index (χ2n) is 6.69. The molecule has 0 bridgehead atoms. The van der Waals surface area contributed by atoms with Crippen molar-refractivity contribution in [3.05, 3.63) is 53.8 Å². The van der Waals surface area contributed by atoms with E-state index in [1.807, 2.05) is 4.72 Å². The maximum Gasteiger partial charge on any atom is 0.337 e. The Balaban J connectivity index is 2.42. The molecule has 0 aromatic heterocycles. The van der Waals surface area contributed by atoms with E-state index >= 15 is 0 Å². The lowest BCUT2D eigenvalue weighted by Crippen LogP contribution is -2.28. The molecular weight excluding hydrogens is 397 g/mol. The number of carbonyl (C=O) groups is 1. The van der Waals surface area contributed by atoms with Crippen molar-refractivity contribution in [3.63, 3.8) is 0 Å². The third-order valence-electron chi connectivity index (χ3n) is 3.71. The third-order valence-corrected chi connectivity index (χ3v) is 7.59. The van der Waals surface area contributed by atoms with E-state index in [2.05, 4.69) is 0 Å². The molecular formula is C17H18FNO6S2. The number of hydrogen-bond acceptors (Lipinski definition) is 5. The van der Waals surface area contributed by atoms with Crippen molar-refractivity contribution in [3.8, 4) is 0 Å². The van der Waals surface area contributed by atoms with Gasteiger partial charge in [0.05, 0.1) is 25.8 Å². The van der Waals surface area contributed by atoms with Crippen LogP contribution in [0.2, 0.25) is 0 Å². The number of benzene rings is 2. The lowest BCUT2D eigenvalue weighted by atomic mass is 10.2. The molecule has 0 saturated heterocycles. The summed E-state index contributed by atoms with van der Waals surface area (Å²) in [6.45, 7) is 4.56. The molecule has 0 saturated carbocycles. The van der Waals surface area contributed by atoms with E-state index in [9.17, 15) is 26.0 Å². The zero-order chi connectivity index (χ0) is 20.6. The molecule has 0 radical (unpaired) electrons. The van der Waals surface area contributed by atoms with E-state index < -0.39 is 47.6 Å². The summed E-state index contributed by atoms with van der Waals surface area (Å²) in [5, 5.41) is 9.10. The average molecular weight is 415 g/mol. The maximum absolute atomic E-state index is 13.4. The highest BCUT2D eigenvalue weighted by Gasteiger charge is 2.31. The van der Waals surface area contributed by atoms with Crippen LogP contribution in [-0.4, -0.2) is 32.7 Å². The number of sulfone groups is 1. The molecule has 0 aliphatic rings. The topological polar surface area (TPSA) is 118 Å². The molecule has 2 N–H and O–H groups in total. The summed E-state index contributed by atoms with van der Waals surface area (Å²) >= 11 is 0. The smallest absolute Gasteiger partial charge is 0.337 e. The average Bonchev–Trinajstić information content (AvgIpc) is 2.53. The fourth-order valence-electron chi connectivity index (χ4n) is 2.14. The summed E-state index contributed by atoms with van der Waals surface area (Å²) in [5.74, 6) is -2.25. The summed E-state index contributed by atoms with van der Waals surface area (Å²) in [4.78, 5) is 10.8. The minimum absolute atomic E-state index is 0.0501. The number of sulfonamides is 1. The number of carboxylic acids is 1. The summed E-state index contributed by atoms with van der Waals surface area (Å²) < 4.78 is 64.1. The molecule has 0 aliphatic heterocycles. The molecule has 0 atom stereocenters. The summed E-state index contributed by atoms with van der Waals surface area (Å²) in [7, 11) is -7.92. The number of aromatic carboxylic acids is 1. The Hall–Kier alpha value is -2.46. The molecule has 2 aromatic rings. The van der Waals surface area contributed by atoms with Crippen LogP contribution in [0.25, 0.3) is 0 Å². The minimum Gasteiger partial charge on any atom is -0.478 e. The van der Waals surface area contributed by atoms with E-state index in [-0.39, 0.29) is 9.79 Å². The predicted molar refractivity (Wildman–Crippen MR) is 97.5 cm³/mol. The molecule has 0 amide bonds. The standard InChI is InChI=1S/C17H18FNO6S2/c1-17(2,3)26(22,23)12-5-7-13(8-6-12)27(24,25)19-15-10-11(18)4-9-14(15)16(20)21/h4-10,19H,1-3H3,(H,20,21). The number of anilines is 1. The molecule has 146 valence electrons. The van der Waals surface area contributed by atoms with Gasteiger partial charge in [-0.1, -0.05) is 0 Å². The molecule has 0 aliphatic carbocycles. The van der Waals surface area contributed by atoms with Crippen LogP contribution in [0.1, 0.15) is 31.1 Å². The number of nitrogens with one attached hydrogen (secondary N) is 1. The number of rotatable bonds is 5. The van der Waals surface area contributed by atoms with Gasteiger partial charge >= 0.3 is 5.97 Å². The fraction of sp³-hybridized carbons (Fsp3) is 0.235. The van der Waals surface area contributed by atoms with Gasteiger partial charge in [0.15, 0.2) is 9.84 Å². The van der Waals surface area contributed by atoms with Crippen LogP contribution in [0, 0.1) is 5.82 Å². The summed E-state index contributed by atoms with van der Waals surface area (Å²) in [6, 6.07) is 7.06. The quantitative estimate of drug-likeness (QED) is 0.775. The first kappa shape index (κ1) is 20.8. The van der Waals surface area contributed by atoms with Crippen molar-refractivity contribution in [2.24, 2.45) is 0 Å². The molecule has 27 heavy (non-hydrogen) atoms. The van der Waals surface area contributed by atoms with Gasteiger partial charge in [0.1, 0.15) is 5.82 Å². The monoisotopic (exact) mass is 415 g/mol. The SMILES string of the molecule is CC(C)(C)S(=O)(=O)c1ccc(S(=O)(=O)Nc2cc(F)ccc2C(=O)O)cc1. The highest BCUT2D eigenvalue weighted by Crippen LogP contribution is 2.27. The fourth-order valence-corrected chi connectivity index (χ4v) is 4.41. The maximum atomic E-state index is 13.4. The molecule has 0 unspecified atom stereocenters. The zero-order valence-corrected chi connectivity index (χ0v) is 16.4. The van der Waals surface area contributed by atoms with Crippen molar-refractivity contribution in [2.75, 3.05) is 4.72 Å². The van der Waals surface area contributed by atoms with Gasteiger partial charge in [0, 0.05) is 0 Å². The molecule has 10 heteroatoms. The molecule has 2 aromatic carbocycles. The first-order valence-electron chi connectivity index (χ1n) is 7.66. The molecule has 2 rings (SSSR count). The third kappa shape index (κ3) is 4.28. The highest BCUT2D eigenvalue weighted by atomic mass is 32.2. The van der Waals surface area contributed by atoms with Crippen LogP contribution in [0.4, 0.5) is 10.1 Å². The van der Waals surface area contributed by atoms with Crippen LogP contribution >= 0.6 is 0 Å². The van der Waals surface area contributed by atoms with Crippen LogP contribution in [0.3, 0.4) is 0 Å². The molecule has 7 nitrogen and oxygen atoms in total. The molecule has 0 spiro atoms. The van der Waals surface area contributed by atoms with E-state index in [0.29, 0.717) is 0 Å². The van der Waals surface area contributed by atoms with E-state index in [0.717, 1.165) is 42.5 Å². The zero-order valence-electron chi connectivity index (χ0n) is 14.7. The Kier molecular flexibility index (Phi) is 5.35. The van der Waals surface area contributed by atoms with Crippen LogP contribution in [-0.2, 0) is 19.9 Å².